The summed E-state index contributed by atoms with van der Waals surface area (Å²) in [4.78, 5) is 28.2. The Morgan fingerprint density at radius 1 is 1.21 bits per heavy atom. The smallest absolute Gasteiger partial charge is 0.272 e. The number of hydrogen-bond donors (Lipinski definition) is 1. The van der Waals surface area contributed by atoms with E-state index in [1.807, 2.05) is 6.92 Å². The Morgan fingerprint density at radius 3 is 2.57 bits per heavy atom. The molecule has 8 heteroatoms. The van der Waals surface area contributed by atoms with Crippen LogP contribution in [0.1, 0.15) is 26.5 Å². The number of nitro groups is 1. The van der Waals surface area contributed by atoms with Crippen molar-refractivity contribution < 1.29 is 14.1 Å². The molecule has 0 saturated heterocycles. The third-order valence-electron chi connectivity index (χ3n) is 4.28. The number of benzene rings is 2. The van der Waals surface area contributed by atoms with E-state index >= 15 is 0 Å². The minimum absolute atomic E-state index is 0.00911. The van der Waals surface area contributed by atoms with Gasteiger partial charge in [0.05, 0.1) is 10.6 Å². The summed E-state index contributed by atoms with van der Waals surface area (Å²) in [6.07, 6.45) is 0.613. The Bertz CT molecular complexity index is 1030. The van der Waals surface area contributed by atoms with Gasteiger partial charge < -0.3 is 5.32 Å². The summed E-state index contributed by atoms with van der Waals surface area (Å²) < 4.78 is 13.1. The zero-order valence-corrected chi connectivity index (χ0v) is 16.2. The maximum Gasteiger partial charge on any atom is 0.272 e. The lowest BCUT2D eigenvalue weighted by Gasteiger charge is -2.06. The van der Waals surface area contributed by atoms with Crippen molar-refractivity contribution in [1.29, 1.82) is 0 Å². The molecule has 0 aliphatic carbocycles. The molecule has 28 heavy (non-hydrogen) atoms. The highest BCUT2D eigenvalue weighted by atomic mass is 32.1. The van der Waals surface area contributed by atoms with Crippen LogP contribution in [0.3, 0.4) is 0 Å². The van der Waals surface area contributed by atoms with Crippen LogP contribution in [0, 0.1) is 29.8 Å². The monoisotopic (exact) mass is 399 g/mol. The highest BCUT2D eigenvalue weighted by Crippen LogP contribution is 2.28. The molecule has 0 unspecified atom stereocenters. The highest BCUT2D eigenvalue weighted by Gasteiger charge is 2.14. The van der Waals surface area contributed by atoms with E-state index < -0.39 is 4.92 Å². The fraction of sp³-hybridized carbons (Fsp3) is 0.200. The standard InChI is InChI=1S/C20H18FN3O3S/c1-12-11-15(5-8-17(12)24(26)27)19(25)22-10-9-18-13(2)23-20(28-18)14-3-6-16(21)7-4-14/h3-8,11H,9-10H2,1-2H3,(H,22,25). The second-order valence-corrected chi connectivity index (χ2v) is 7.38. The van der Waals surface area contributed by atoms with E-state index in [1.54, 1.807) is 19.1 Å². The predicted octanol–water partition coefficient (Wildman–Crippen LogP) is 4.45. The summed E-state index contributed by atoms with van der Waals surface area (Å²) in [6, 6.07) is 10.5. The molecule has 1 amide bonds. The van der Waals surface area contributed by atoms with Gasteiger partial charge in [-0.25, -0.2) is 9.37 Å². The molecule has 2 aromatic carbocycles. The molecule has 0 atom stereocenters. The largest absolute Gasteiger partial charge is 0.352 e. The lowest BCUT2D eigenvalue weighted by Crippen LogP contribution is -2.25. The van der Waals surface area contributed by atoms with Crippen molar-refractivity contribution in [2.45, 2.75) is 20.3 Å². The maximum absolute atomic E-state index is 13.1. The molecule has 0 saturated carbocycles. The van der Waals surface area contributed by atoms with Crippen LogP contribution in [0.2, 0.25) is 0 Å². The summed E-state index contributed by atoms with van der Waals surface area (Å²) in [7, 11) is 0. The Hall–Kier alpha value is -3.13. The van der Waals surface area contributed by atoms with Crippen molar-refractivity contribution in [1.82, 2.24) is 10.3 Å². The first-order chi connectivity index (χ1) is 13.3. The number of aromatic nitrogens is 1. The lowest BCUT2D eigenvalue weighted by molar-refractivity contribution is -0.385. The first kappa shape index (κ1) is 19.6. The fourth-order valence-electron chi connectivity index (χ4n) is 2.77. The van der Waals surface area contributed by atoms with Crippen molar-refractivity contribution in [2.75, 3.05) is 6.54 Å². The third kappa shape index (κ3) is 4.40. The number of thiazole rings is 1. The van der Waals surface area contributed by atoms with Gasteiger partial charge in [0.25, 0.3) is 11.6 Å². The topological polar surface area (TPSA) is 85.1 Å². The van der Waals surface area contributed by atoms with Crippen molar-refractivity contribution in [3.63, 3.8) is 0 Å². The molecule has 0 fully saturated rings. The molecule has 144 valence electrons. The molecule has 3 rings (SSSR count). The molecule has 0 radical (unpaired) electrons. The zero-order chi connectivity index (χ0) is 20.3. The number of halogens is 1. The van der Waals surface area contributed by atoms with Gasteiger partial charge in [0.1, 0.15) is 10.8 Å². The predicted molar refractivity (Wildman–Crippen MR) is 106 cm³/mol. The summed E-state index contributed by atoms with van der Waals surface area (Å²) >= 11 is 1.51. The number of hydrogen-bond acceptors (Lipinski definition) is 5. The molecule has 1 aromatic heterocycles. The van der Waals surface area contributed by atoms with Crippen LogP contribution in [-0.4, -0.2) is 22.4 Å². The van der Waals surface area contributed by atoms with Crippen LogP contribution in [0.15, 0.2) is 42.5 Å². The molecule has 1 N–H and O–H groups in total. The van der Waals surface area contributed by atoms with Crippen LogP contribution >= 0.6 is 11.3 Å². The van der Waals surface area contributed by atoms with Gasteiger partial charge in [-0.15, -0.1) is 11.3 Å². The SMILES string of the molecule is Cc1cc(C(=O)NCCc2sc(-c3ccc(F)cc3)nc2C)ccc1[N+](=O)[O-]. The molecule has 1 heterocycles. The van der Waals surface area contributed by atoms with Gasteiger partial charge >= 0.3 is 0 Å². The number of nitrogens with zero attached hydrogens (tertiary/aromatic N) is 2. The van der Waals surface area contributed by atoms with Gasteiger partial charge in [0, 0.05) is 40.6 Å². The zero-order valence-electron chi connectivity index (χ0n) is 15.4. The van der Waals surface area contributed by atoms with E-state index in [4.69, 9.17) is 0 Å². The van der Waals surface area contributed by atoms with E-state index in [-0.39, 0.29) is 17.4 Å². The first-order valence-corrected chi connectivity index (χ1v) is 9.42. The van der Waals surface area contributed by atoms with Gasteiger partial charge in [-0.3, -0.25) is 14.9 Å². The van der Waals surface area contributed by atoms with Gasteiger partial charge in [-0.2, -0.15) is 0 Å². The number of nitrogens with one attached hydrogen (secondary N) is 1. The van der Waals surface area contributed by atoms with Crippen LogP contribution in [-0.2, 0) is 6.42 Å². The highest BCUT2D eigenvalue weighted by molar-refractivity contribution is 7.15. The third-order valence-corrected chi connectivity index (χ3v) is 5.54. The van der Waals surface area contributed by atoms with Crippen molar-refractivity contribution in [2.24, 2.45) is 0 Å². The second kappa shape index (κ2) is 8.26. The number of carbonyl (C=O) groups excluding carboxylic acids is 1. The van der Waals surface area contributed by atoms with Gasteiger partial charge in [0.15, 0.2) is 0 Å². The first-order valence-electron chi connectivity index (χ1n) is 8.60. The molecular formula is C20H18FN3O3S. The van der Waals surface area contributed by atoms with Gasteiger partial charge in [-0.1, -0.05) is 0 Å². The Morgan fingerprint density at radius 2 is 1.93 bits per heavy atom. The number of nitro benzene ring substituents is 1. The Balaban J connectivity index is 1.62. The molecular weight excluding hydrogens is 381 g/mol. The van der Waals surface area contributed by atoms with Crippen LogP contribution in [0.5, 0.6) is 0 Å². The quantitative estimate of drug-likeness (QED) is 0.490. The number of amides is 1. The lowest BCUT2D eigenvalue weighted by atomic mass is 10.1. The van der Waals surface area contributed by atoms with Crippen LogP contribution in [0.4, 0.5) is 10.1 Å². The minimum atomic E-state index is -0.470. The van der Waals surface area contributed by atoms with E-state index in [0.717, 1.165) is 21.1 Å². The van der Waals surface area contributed by atoms with Crippen molar-refractivity contribution in [3.05, 3.63) is 80.1 Å². The molecule has 0 spiro atoms. The average molecular weight is 399 g/mol. The summed E-state index contributed by atoms with van der Waals surface area (Å²) in [5.41, 5.74) is 2.55. The maximum atomic E-state index is 13.1. The summed E-state index contributed by atoms with van der Waals surface area (Å²) in [5, 5.41) is 14.5. The van der Waals surface area contributed by atoms with E-state index in [0.29, 0.717) is 24.1 Å². The molecule has 0 aliphatic heterocycles. The van der Waals surface area contributed by atoms with Crippen LogP contribution < -0.4 is 5.32 Å². The van der Waals surface area contributed by atoms with E-state index in [2.05, 4.69) is 10.3 Å². The van der Waals surface area contributed by atoms with E-state index in [1.165, 1.54) is 41.7 Å². The number of carbonyl (C=O) groups is 1. The molecule has 6 nitrogen and oxygen atoms in total. The molecule has 0 bridgehead atoms. The minimum Gasteiger partial charge on any atom is -0.352 e. The molecule has 3 aromatic rings. The number of aryl methyl sites for hydroxylation is 2. The summed E-state index contributed by atoms with van der Waals surface area (Å²) in [5.74, 6) is -0.569. The van der Waals surface area contributed by atoms with Gasteiger partial charge in [-0.05, 0) is 50.2 Å². The van der Waals surface area contributed by atoms with Crippen molar-refractivity contribution >= 4 is 22.9 Å². The second-order valence-electron chi connectivity index (χ2n) is 6.30. The Labute approximate surface area is 165 Å². The average Bonchev–Trinajstić information content (AvgIpc) is 3.02. The van der Waals surface area contributed by atoms with Crippen LogP contribution in [0.25, 0.3) is 10.6 Å². The number of rotatable bonds is 6. The van der Waals surface area contributed by atoms with E-state index in [9.17, 15) is 19.3 Å². The summed E-state index contributed by atoms with van der Waals surface area (Å²) in [6.45, 7) is 3.92. The van der Waals surface area contributed by atoms with Gasteiger partial charge in [0.2, 0.25) is 0 Å². The molecule has 0 aliphatic rings. The normalized spacial score (nSPS) is 10.7. The van der Waals surface area contributed by atoms with Crippen molar-refractivity contribution in [3.8, 4) is 10.6 Å². The Kier molecular flexibility index (Phi) is 5.79. The fourth-order valence-corrected chi connectivity index (χ4v) is 3.84.